The van der Waals surface area contributed by atoms with Gasteiger partial charge in [-0.3, -0.25) is 4.79 Å². The fraction of sp³-hybridized carbons (Fsp3) is 0.250. The third kappa shape index (κ3) is 3.02. The highest BCUT2D eigenvalue weighted by Gasteiger charge is 2.18. The van der Waals surface area contributed by atoms with Gasteiger partial charge in [-0.1, -0.05) is 24.6 Å². The van der Waals surface area contributed by atoms with Gasteiger partial charge in [0.15, 0.2) is 5.82 Å². The van der Waals surface area contributed by atoms with Crippen molar-refractivity contribution in [3.05, 3.63) is 71.1 Å². The maximum Gasteiger partial charge on any atom is 0.279 e. The normalized spacial score (nSPS) is 15.3. The van der Waals surface area contributed by atoms with Crippen LogP contribution >= 0.6 is 0 Å². The number of hydrogen-bond donors (Lipinski definition) is 0. The molecule has 0 N–H and O–H groups in total. The van der Waals surface area contributed by atoms with Crippen molar-refractivity contribution in [2.24, 2.45) is 0 Å². The van der Waals surface area contributed by atoms with Crippen LogP contribution in [-0.2, 0) is 0 Å². The van der Waals surface area contributed by atoms with Crippen molar-refractivity contribution in [1.82, 2.24) is 9.78 Å². The molecule has 4 nitrogen and oxygen atoms in total. The van der Waals surface area contributed by atoms with Crippen LogP contribution in [0, 0.1) is 12.2 Å². The minimum absolute atomic E-state index is 0.190. The predicted molar refractivity (Wildman–Crippen MR) is 97.7 cm³/mol. The van der Waals surface area contributed by atoms with Gasteiger partial charge < -0.3 is 4.90 Å². The van der Waals surface area contributed by atoms with E-state index in [0.717, 1.165) is 37.1 Å². The number of halogens is 1. The molecule has 0 unspecified atom stereocenters. The van der Waals surface area contributed by atoms with Gasteiger partial charge in [-0.2, -0.15) is 4.68 Å². The average molecular weight is 336 g/mol. The van der Waals surface area contributed by atoms with E-state index >= 15 is 0 Å². The second-order valence-corrected chi connectivity index (χ2v) is 6.29. The number of hydrogen-bond acceptors (Lipinski definition) is 3. The Morgan fingerprint density at radius 2 is 1.72 bits per heavy atom. The van der Waals surface area contributed by atoms with Crippen LogP contribution in [0.5, 0.6) is 0 Å². The summed E-state index contributed by atoms with van der Waals surface area (Å²) in [6.45, 7) is 1.73. The fourth-order valence-electron chi connectivity index (χ4n) is 3.29. The van der Waals surface area contributed by atoms with Gasteiger partial charge in [-0.05, 0) is 49.6 Å². The van der Waals surface area contributed by atoms with E-state index < -0.39 is 0 Å². The number of nitrogens with zero attached hydrogens (tertiary/aromatic N) is 3. The monoisotopic (exact) mass is 336 g/mol. The number of benzene rings is 2. The van der Waals surface area contributed by atoms with Crippen LogP contribution in [0.3, 0.4) is 0 Å². The van der Waals surface area contributed by atoms with E-state index in [2.05, 4.69) is 16.4 Å². The highest BCUT2D eigenvalue weighted by atomic mass is 19.1. The number of anilines is 1. The Morgan fingerprint density at radius 3 is 2.52 bits per heavy atom. The lowest BCUT2D eigenvalue weighted by Gasteiger charge is -2.23. The summed E-state index contributed by atoms with van der Waals surface area (Å²) in [5, 5.41) is 6.14. The van der Waals surface area contributed by atoms with Crippen LogP contribution < -0.4 is 10.5 Å². The SMILES string of the molecule is O=c1c2ccccc2c(N2C[CH]CCCC2)nn1-c1ccc(F)cc1. The van der Waals surface area contributed by atoms with Crippen molar-refractivity contribution in [3.8, 4) is 5.69 Å². The van der Waals surface area contributed by atoms with Crippen molar-refractivity contribution in [1.29, 1.82) is 0 Å². The molecule has 0 bridgehead atoms. The van der Waals surface area contributed by atoms with Gasteiger partial charge in [-0.15, -0.1) is 5.10 Å². The molecular formula is C20H19FN3O. The molecule has 0 amide bonds. The highest BCUT2D eigenvalue weighted by Crippen LogP contribution is 2.25. The number of rotatable bonds is 2. The predicted octanol–water partition coefficient (Wildman–Crippen LogP) is 3.72. The maximum atomic E-state index is 13.3. The van der Waals surface area contributed by atoms with Crippen LogP contribution in [-0.4, -0.2) is 22.9 Å². The molecular weight excluding hydrogens is 317 g/mol. The summed E-state index contributed by atoms with van der Waals surface area (Å²) < 4.78 is 14.6. The zero-order valence-corrected chi connectivity index (χ0v) is 13.9. The second-order valence-electron chi connectivity index (χ2n) is 6.29. The molecule has 0 spiro atoms. The standard InChI is InChI=1S/C20H19FN3O/c21-15-9-11-16(12-10-15)24-20(25)18-8-4-3-7-17(18)19(22-24)23-13-5-1-2-6-14-23/h3-5,7-12H,1-2,6,13-14H2. The lowest BCUT2D eigenvalue weighted by molar-refractivity contribution is 0.626. The van der Waals surface area contributed by atoms with Crippen LogP contribution in [0.2, 0.25) is 0 Å². The topological polar surface area (TPSA) is 38.1 Å². The maximum absolute atomic E-state index is 13.3. The van der Waals surface area contributed by atoms with Crippen LogP contribution in [0.1, 0.15) is 19.3 Å². The van der Waals surface area contributed by atoms with Crippen LogP contribution in [0.15, 0.2) is 53.3 Å². The van der Waals surface area contributed by atoms with E-state index in [9.17, 15) is 9.18 Å². The molecule has 1 saturated heterocycles. The van der Waals surface area contributed by atoms with Crippen molar-refractivity contribution in [2.75, 3.05) is 18.0 Å². The van der Waals surface area contributed by atoms with Crippen molar-refractivity contribution in [2.45, 2.75) is 19.3 Å². The van der Waals surface area contributed by atoms with E-state index in [1.165, 1.54) is 23.2 Å². The molecule has 0 atom stereocenters. The molecule has 1 aliphatic heterocycles. The minimum Gasteiger partial charge on any atom is -0.354 e. The van der Waals surface area contributed by atoms with Crippen molar-refractivity contribution in [3.63, 3.8) is 0 Å². The molecule has 1 aliphatic rings. The first-order valence-corrected chi connectivity index (χ1v) is 8.59. The molecule has 3 aromatic rings. The summed E-state index contributed by atoms with van der Waals surface area (Å²) in [6, 6.07) is 13.4. The lowest BCUT2D eigenvalue weighted by Crippen LogP contribution is -2.30. The third-order valence-corrected chi connectivity index (χ3v) is 4.59. The molecule has 2 heterocycles. The van der Waals surface area contributed by atoms with Crippen LogP contribution in [0.25, 0.3) is 16.5 Å². The Hall–Kier alpha value is -2.69. The van der Waals surface area contributed by atoms with Gasteiger partial charge in [0.25, 0.3) is 5.56 Å². The summed E-state index contributed by atoms with van der Waals surface area (Å²) in [5.74, 6) is 0.470. The quantitative estimate of drug-likeness (QED) is 0.716. The van der Waals surface area contributed by atoms with Crippen molar-refractivity contribution >= 4 is 16.6 Å². The molecule has 4 rings (SSSR count). The zero-order valence-electron chi connectivity index (χ0n) is 13.9. The smallest absolute Gasteiger partial charge is 0.279 e. The Bertz CT molecular complexity index is 941. The summed E-state index contributed by atoms with van der Waals surface area (Å²) in [7, 11) is 0. The van der Waals surface area contributed by atoms with Gasteiger partial charge in [0.2, 0.25) is 0 Å². The van der Waals surface area contributed by atoms with Gasteiger partial charge >= 0.3 is 0 Å². The fourth-order valence-corrected chi connectivity index (χ4v) is 3.29. The van der Waals surface area contributed by atoms with Gasteiger partial charge in [0, 0.05) is 18.5 Å². The molecule has 1 fully saturated rings. The minimum atomic E-state index is -0.333. The number of aromatic nitrogens is 2. The Labute approximate surface area is 145 Å². The molecule has 2 aromatic carbocycles. The second kappa shape index (κ2) is 6.67. The summed E-state index contributed by atoms with van der Waals surface area (Å²) >= 11 is 0. The van der Waals surface area contributed by atoms with Gasteiger partial charge in [0.1, 0.15) is 5.82 Å². The van der Waals surface area contributed by atoms with Gasteiger partial charge in [0.05, 0.1) is 11.1 Å². The summed E-state index contributed by atoms with van der Waals surface area (Å²) in [6.07, 6.45) is 5.64. The Balaban J connectivity index is 1.93. The first-order chi connectivity index (χ1) is 12.2. The van der Waals surface area contributed by atoms with E-state index in [-0.39, 0.29) is 11.4 Å². The zero-order chi connectivity index (χ0) is 17.2. The first kappa shape index (κ1) is 15.8. The molecule has 5 heteroatoms. The molecule has 127 valence electrons. The molecule has 0 saturated carbocycles. The van der Waals surface area contributed by atoms with Gasteiger partial charge in [-0.25, -0.2) is 4.39 Å². The number of fused-ring (bicyclic) bond motifs is 1. The highest BCUT2D eigenvalue weighted by molar-refractivity contribution is 5.91. The van der Waals surface area contributed by atoms with E-state index in [1.807, 2.05) is 24.3 Å². The molecule has 25 heavy (non-hydrogen) atoms. The van der Waals surface area contributed by atoms with E-state index in [4.69, 9.17) is 0 Å². The Morgan fingerprint density at radius 1 is 0.960 bits per heavy atom. The molecule has 0 aliphatic carbocycles. The Kier molecular flexibility index (Phi) is 4.22. The largest absolute Gasteiger partial charge is 0.354 e. The summed E-state index contributed by atoms with van der Waals surface area (Å²) in [4.78, 5) is 15.1. The van der Waals surface area contributed by atoms with E-state index in [1.54, 1.807) is 12.1 Å². The molecule has 1 radical (unpaired) electrons. The first-order valence-electron chi connectivity index (χ1n) is 8.59. The van der Waals surface area contributed by atoms with E-state index in [0.29, 0.717) is 11.1 Å². The summed E-state index contributed by atoms with van der Waals surface area (Å²) in [5.41, 5.74) is 0.377. The van der Waals surface area contributed by atoms with Crippen LogP contribution in [0.4, 0.5) is 10.2 Å². The average Bonchev–Trinajstić information content (AvgIpc) is 2.93. The van der Waals surface area contributed by atoms with Crippen molar-refractivity contribution < 1.29 is 4.39 Å². The third-order valence-electron chi connectivity index (χ3n) is 4.59. The lowest BCUT2D eigenvalue weighted by atomic mass is 10.1. The molecule has 1 aromatic heterocycles.